The van der Waals surface area contributed by atoms with E-state index >= 15 is 0 Å². The molecule has 6 heteroatoms. The molecular weight excluding hydrogens is 354 g/mol. The zero-order valence-electron chi connectivity index (χ0n) is 14.5. The Hall–Kier alpha value is -2.66. The fourth-order valence-electron chi connectivity index (χ4n) is 2.50. The van der Waals surface area contributed by atoms with E-state index in [2.05, 4.69) is 5.32 Å². The number of carbonyl (C=O) groups excluding carboxylic acids is 1. The van der Waals surface area contributed by atoms with E-state index in [9.17, 15) is 4.79 Å². The highest BCUT2D eigenvalue weighted by molar-refractivity contribution is 6.32. The van der Waals surface area contributed by atoms with E-state index in [1.54, 1.807) is 24.3 Å². The first-order valence-electron chi connectivity index (χ1n) is 8.47. The first-order chi connectivity index (χ1) is 12.7. The highest BCUT2D eigenvalue weighted by Crippen LogP contribution is 2.38. The molecular formula is C20H20ClNO4. The van der Waals surface area contributed by atoms with Gasteiger partial charge >= 0.3 is 0 Å². The molecule has 1 N–H and O–H groups in total. The van der Waals surface area contributed by atoms with Crippen LogP contribution in [0.15, 0.2) is 42.5 Å². The molecule has 2 aromatic rings. The predicted octanol–water partition coefficient (Wildman–Crippen LogP) is 4.55. The van der Waals surface area contributed by atoms with Crippen LogP contribution in [0.5, 0.6) is 17.2 Å². The maximum absolute atomic E-state index is 12.1. The van der Waals surface area contributed by atoms with E-state index < -0.39 is 0 Å². The monoisotopic (exact) mass is 373 g/mol. The number of hydrogen-bond donors (Lipinski definition) is 1. The van der Waals surface area contributed by atoms with Crippen molar-refractivity contribution in [3.63, 3.8) is 0 Å². The van der Waals surface area contributed by atoms with Crippen molar-refractivity contribution >= 4 is 29.3 Å². The van der Waals surface area contributed by atoms with Gasteiger partial charge in [-0.1, -0.05) is 11.6 Å². The van der Waals surface area contributed by atoms with Crippen molar-refractivity contribution in [2.75, 3.05) is 25.1 Å². The first-order valence-corrected chi connectivity index (χ1v) is 8.84. The highest BCUT2D eigenvalue weighted by Gasteiger charge is 2.14. The highest BCUT2D eigenvalue weighted by atomic mass is 35.5. The molecule has 5 nitrogen and oxygen atoms in total. The normalized spacial score (nSPS) is 13.3. The number of halogens is 1. The topological polar surface area (TPSA) is 56.8 Å². The Kier molecular flexibility index (Phi) is 6.02. The van der Waals surface area contributed by atoms with Crippen LogP contribution in [0.4, 0.5) is 5.69 Å². The summed E-state index contributed by atoms with van der Waals surface area (Å²) in [4.78, 5) is 12.1. The van der Waals surface area contributed by atoms with Crippen LogP contribution in [0.3, 0.4) is 0 Å². The van der Waals surface area contributed by atoms with Crippen LogP contribution in [0.2, 0.25) is 5.02 Å². The Morgan fingerprint density at radius 1 is 1.23 bits per heavy atom. The largest absolute Gasteiger partial charge is 0.494 e. The van der Waals surface area contributed by atoms with Crippen LogP contribution in [0, 0.1) is 0 Å². The SMILES string of the molecule is CCOc1ccc(NC(=O)/C=C/c2cc(Cl)c3c(c2)OCCCO3)cc1. The molecule has 0 saturated heterocycles. The number of anilines is 1. The van der Waals surface area contributed by atoms with Crippen molar-refractivity contribution in [2.45, 2.75) is 13.3 Å². The second-order valence-electron chi connectivity index (χ2n) is 5.66. The number of carbonyl (C=O) groups is 1. The first kappa shape index (κ1) is 18.1. The van der Waals surface area contributed by atoms with E-state index in [1.807, 2.05) is 25.1 Å². The Morgan fingerprint density at radius 2 is 2.00 bits per heavy atom. The molecule has 0 bridgehead atoms. The molecule has 1 aliphatic heterocycles. The number of nitrogens with one attached hydrogen (secondary N) is 1. The summed E-state index contributed by atoms with van der Waals surface area (Å²) in [7, 11) is 0. The van der Waals surface area contributed by atoms with Gasteiger partial charge in [0.25, 0.3) is 0 Å². The lowest BCUT2D eigenvalue weighted by atomic mass is 10.2. The van der Waals surface area contributed by atoms with Crippen molar-refractivity contribution in [1.82, 2.24) is 0 Å². The number of rotatable bonds is 5. The quantitative estimate of drug-likeness (QED) is 0.781. The fourth-order valence-corrected chi connectivity index (χ4v) is 2.78. The summed E-state index contributed by atoms with van der Waals surface area (Å²) >= 11 is 6.25. The van der Waals surface area contributed by atoms with Gasteiger partial charge in [0.05, 0.1) is 24.8 Å². The molecule has 0 atom stereocenters. The lowest BCUT2D eigenvalue weighted by Gasteiger charge is -2.10. The van der Waals surface area contributed by atoms with Gasteiger partial charge in [0.15, 0.2) is 11.5 Å². The maximum Gasteiger partial charge on any atom is 0.248 e. The molecule has 0 unspecified atom stereocenters. The molecule has 3 rings (SSSR count). The van der Waals surface area contributed by atoms with Crippen molar-refractivity contribution in [2.24, 2.45) is 0 Å². The molecule has 0 radical (unpaired) electrons. The molecule has 0 saturated carbocycles. The van der Waals surface area contributed by atoms with Gasteiger partial charge in [-0.3, -0.25) is 4.79 Å². The van der Waals surface area contributed by atoms with Gasteiger partial charge in [-0.2, -0.15) is 0 Å². The Bertz CT molecular complexity index is 802. The molecule has 136 valence electrons. The minimum absolute atomic E-state index is 0.239. The van der Waals surface area contributed by atoms with Crippen molar-refractivity contribution in [3.05, 3.63) is 53.1 Å². The number of fused-ring (bicyclic) bond motifs is 1. The molecule has 0 aliphatic carbocycles. The predicted molar refractivity (Wildman–Crippen MR) is 102 cm³/mol. The zero-order chi connectivity index (χ0) is 18.4. The van der Waals surface area contributed by atoms with Gasteiger partial charge in [0, 0.05) is 18.2 Å². The average molecular weight is 374 g/mol. The van der Waals surface area contributed by atoms with Crippen LogP contribution >= 0.6 is 11.6 Å². The Balaban J connectivity index is 1.66. The second kappa shape index (κ2) is 8.63. The number of hydrogen-bond acceptors (Lipinski definition) is 4. The van der Waals surface area contributed by atoms with Gasteiger partial charge in [-0.15, -0.1) is 0 Å². The van der Waals surface area contributed by atoms with Gasteiger partial charge in [0.1, 0.15) is 5.75 Å². The third-order valence-electron chi connectivity index (χ3n) is 3.68. The molecule has 26 heavy (non-hydrogen) atoms. The van der Waals surface area contributed by atoms with Crippen molar-refractivity contribution in [3.8, 4) is 17.2 Å². The Labute approximate surface area is 157 Å². The number of benzene rings is 2. The van der Waals surface area contributed by atoms with E-state index in [0.717, 1.165) is 17.7 Å². The van der Waals surface area contributed by atoms with Gasteiger partial charge in [-0.05, 0) is 55.0 Å². The summed E-state index contributed by atoms with van der Waals surface area (Å²) in [6, 6.07) is 10.8. The second-order valence-corrected chi connectivity index (χ2v) is 6.07. The molecule has 1 amide bonds. The van der Waals surface area contributed by atoms with E-state index in [4.69, 9.17) is 25.8 Å². The molecule has 1 aliphatic rings. The minimum Gasteiger partial charge on any atom is -0.494 e. The molecule has 0 fully saturated rings. The molecule has 1 heterocycles. The maximum atomic E-state index is 12.1. The van der Waals surface area contributed by atoms with Crippen LogP contribution in [-0.2, 0) is 4.79 Å². The number of ether oxygens (including phenoxy) is 3. The van der Waals surface area contributed by atoms with Gasteiger partial charge in [0.2, 0.25) is 5.91 Å². The molecule has 0 aromatic heterocycles. The zero-order valence-corrected chi connectivity index (χ0v) is 15.2. The fraction of sp³-hybridized carbons (Fsp3) is 0.250. The number of amides is 1. The van der Waals surface area contributed by atoms with Crippen molar-refractivity contribution in [1.29, 1.82) is 0 Å². The smallest absolute Gasteiger partial charge is 0.248 e. The lowest BCUT2D eigenvalue weighted by Crippen LogP contribution is -2.07. The average Bonchev–Trinajstić information content (AvgIpc) is 2.88. The summed E-state index contributed by atoms with van der Waals surface area (Å²) in [5.74, 6) is 1.68. The third kappa shape index (κ3) is 4.70. The van der Waals surface area contributed by atoms with Crippen LogP contribution in [-0.4, -0.2) is 25.7 Å². The summed E-state index contributed by atoms with van der Waals surface area (Å²) < 4.78 is 16.6. The third-order valence-corrected chi connectivity index (χ3v) is 3.97. The van der Waals surface area contributed by atoms with Gasteiger partial charge < -0.3 is 19.5 Å². The van der Waals surface area contributed by atoms with Crippen molar-refractivity contribution < 1.29 is 19.0 Å². The summed E-state index contributed by atoms with van der Waals surface area (Å²) in [6.07, 6.45) is 3.94. The summed E-state index contributed by atoms with van der Waals surface area (Å²) in [5, 5.41) is 3.27. The van der Waals surface area contributed by atoms with Crippen LogP contribution in [0.1, 0.15) is 18.9 Å². The standard InChI is InChI=1S/C20H20ClNO4/c1-2-24-16-7-5-15(6-8-16)22-19(23)9-4-14-12-17(21)20-18(13-14)25-10-3-11-26-20/h4-9,12-13H,2-3,10-11H2,1H3,(H,22,23)/b9-4+. The lowest BCUT2D eigenvalue weighted by molar-refractivity contribution is -0.111. The van der Waals surface area contributed by atoms with Gasteiger partial charge in [-0.25, -0.2) is 0 Å². The van der Waals surface area contributed by atoms with Crippen LogP contribution < -0.4 is 19.5 Å². The minimum atomic E-state index is -0.239. The Morgan fingerprint density at radius 3 is 2.77 bits per heavy atom. The summed E-state index contributed by atoms with van der Waals surface area (Å²) in [5.41, 5.74) is 1.46. The van der Waals surface area contributed by atoms with Crippen LogP contribution in [0.25, 0.3) is 6.08 Å². The summed E-state index contributed by atoms with van der Waals surface area (Å²) in [6.45, 7) is 3.68. The van der Waals surface area contributed by atoms with E-state index in [1.165, 1.54) is 6.08 Å². The van der Waals surface area contributed by atoms with E-state index in [-0.39, 0.29) is 5.91 Å². The van der Waals surface area contributed by atoms with E-state index in [0.29, 0.717) is 42.0 Å². The molecule has 0 spiro atoms. The molecule has 2 aromatic carbocycles.